The Morgan fingerprint density at radius 1 is 1.24 bits per heavy atom. The molecular formula is C30H32FN6O3PS. The Kier molecular flexibility index (Phi) is 7.37. The number of rotatable bonds is 3. The Morgan fingerprint density at radius 2 is 2.00 bits per heavy atom. The maximum atomic E-state index is 15.2. The van der Waals surface area contributed by atoms with Crippen molar-refractivity contribution in [3.8, 4) is 17.3 Å². The number of thioether (sulfide) groups is 1. The number of alkyl carbamates (subject to hydrolysis) is 1. The highest BCUT2D eigenvalue weighted by Gasteiger charge is 2.34. The number of fused-ring (bicyclic) bond motifs is 4. The number of nitrogens with zero attached hydrogens (tertiary/aromatic N) is 5. The molecule has 9 nitrogen and oxygen atoms in total. The van der Waals surface area contributed by atoms with Gasteiger partial charge in [-0.15, -0.1) is 21.0 Å². The minimum Gasteiger partial charge on any atom is -0.444 e. The summed E-state index contributed by atoms with van der Waals surface area (Å²) in [7, 11) is 2.80. The first-order valence-corrected chi connectivity index (χ1v) is 15.4. The van der Waals surface area contributed by atoms with Crippen molar-refractivity contribution in [2.75, 3.05) is 17.2 Å². The van der Waals surface area contributed by atoms with Crippen LogP contribution in [-0.2, 0) is 22.7 Å². The SMILES string of the molecule is CC1[C@@H](C)CCN1c1ncc2c3c(c(-c4ncc(F)c5c4C(C#N)=C(NC(=O)OC(C)(C)C)CS5)c(P)c2n1)COC3. The molecule has 1 fully saturated rings. The number of carbonyl (C=O) groups is 1. The fourth-order valence-corrected chi connectivity index (χ4v) is 7.38. The van der Waals surface area contributed by atoms with Crippen LogP contribution < -0.4 is 15.5 Å². The van der Waals surface area contributed by atoms with Gasteiger partial charge in [-0.05, 0) is 51.2 Å². The molecule has 1 amide bonds. The highest BCUT2D eigenvalue weighted by molar-refractivity contribution is 7.99. The van der Waals surface area contributed by atoms with E-state index in [1.807, 2.05) is 6.20 Å². The number of halogens is 1. The molecule has 3 aromatic rings. The van der Waals surface area contributed by atoms with Crippen LogP contribution in [0.15, 0.2) is 23.0 Å². The largest absolute Gasteiger partial charge is 0.444 e. The number of nitrogens with one attached hydrogen (secondary N) is 1. The quantitative estimate of drug-likeness (QED) is 0.388. The third-order valence-corrected chi connectivity index (χ3v) is 9.77. The molecule has 1 aromatic carbocycles. The first-order valence-electron chi connectivity index (χ1n) is 13.9. The van der Waals surface area contributed by atoms with Crippen LogP contribution in [0, 0.1) is 23.1 Å². The van der Waals surface area contributed by atoms with Gasteiger partial charge in [0.05, 0.1) is 41.1 Å². The number of pyridine rings is 1. The Bertz CT molecular complexity index is 1720. The van der Waals surface area contributed by atoms with E-state index >= 15 is 4.39 Å². The lowest BCUT2D eigenvalue weighted by atomic mass is 9.91. The molecular weight excluding hydrogens is 574 g/mol. The topological polar surface area (TPSA) is 113 Å². The van der Waals surface area contributed by atoms with E-state index in [2.05, 4.69) is 44.4 Å². The summed E-state index contributed by atoms with van der Waals surface area (Å²) in [6, 6.07) is 2.53. The summed E-state index contributed by atoms with van der Waals surface area (Å²) in [4.78, 5) is 29.5. The van der Waals surface area contributed by atoms with Crippen molar-refractivity contribution in [1.29, 1.82) is 5.26 Å². The predicted molar refractivity (Wildman–Crippen MR) is 164 cm³/mol. The van der Waals surface area contributed by atoms with Crippen molar-refractivity contribution in [3.63, 3.8) is 0 Å². The lowest BCUT2D eigenvalue weighted by molar-refractivity contribution is 0.0546. The van der Waals surface area contributed by atoms with Gasteiger partial charge in [0.15, 0.2) is 5.82 Å². The molecule has 2 unspecified atom stereocenters. The first kappa shape index (κ1) is 28.8. The molecule has 0 radical (unpaired) electrons. The molecule has 2 aromatic heterocycles. The van der Waals surface area contributed by atoms with Crippen molar-refractivity contribution in [2.45, 2.75) is 70.8 Å². The second-order valence-corrected chi connectivity index (χ2v) is 13.5. The maximum absolute atomic E-state index is 15.2. The zero-order valence-electron chi connectivity index (χ0n) is 24.2. The number of hydrogen-bond donors (Lipinski definition) is 1. The second-order valence-electron chi connectivity index (χ2n) is 11.9. The van der Waals surface area contributed by atoms with Gasteiger partial charge in [0.1, 0.15) is 11.7 Å². The van der Waals surface area contributed by atoms with Crippen molar-refractivity contribution in [1.82, 2.24) is 20.3 Å². The first-order chi connectivity index (χ1) is 20.0. The number of aromatic nitrogens is 3. The van der Waals surface area contributed by atoms with E-state index in [1.165, 1.54) is 18.0 Å². The van der Waals surface area contributed by atoms with Gasteiger partial charge in [0.2, 0.25) is 5.95 Å². The third-order valence-electron chi connectivity index (χ3n) is 8.08. The average Bonchev–Trinajstić information content (AvgIpc) is 3.55. The van der Waals surface area contributed by atoms with E-state index < -0.39 is 17.5 Å². The van der Waals surface area contributed by atoms with Crippen LogP contribution in [-0.4, -0.2) is 45.0 Å². The number of carbonyl (C=O) groups excluding carboxylic acids is 1. The van der Waals surface area contributed by atoms with Crippen LogP contribution in [0.4, 0.5) is 15.1 Å². The van der Waals surface area contributed by atoms with Crippen LogP contribution in [0.25, 0.3) is 27.7 Å². The zero-order chi connectivity index (χ0) is 29.9. The van der Waals surface area contributed by atoms with Crippen LogP contribution in [0.5, 0.6) is 0 Å². The fraction of sp³-hybridized carbons (Fsp3) is 0.433. The van der Waals surface area contributed by atoms with Gasteiger partial charge in [0.25, 0.3) is 0 Å². The van der Waals surface area contributed by atoms with Gasteiger partial charge in [-0.3, -0.25) is 10.3 Å². The van der Waals surface area contributed by atoms with E-state index in [-0.39, 0.29) is 11.3 Å². The minimum atomic E-state index is -0.721. The molecule has 12 heteroatoms. The number of benzene rings is 1. The van der Waals surface area contributed by atoms with Gasteiger partial charge >= 0.3 is 6.09 Å². The summed E-state index contributed by atoms with van der Waals surface area (Å²) < 4.78 is 26.6. The molecule has 5 heterocycles. The maximum Gasteiger partial charge on any atom is 0.411 e. The van der Waals surface area contributed by atoms with Gasteiger partial charge in [-0.1, -0.05) is 6.92 Å². The number of ether oxygens (including phenoxy) is 2. The van der Waals surface area contributed by atoms with E-state index in [0.29, 0.717) is 53.0 Å². The molecule has 42 heavy (non-hydrogen) atoms. The number of hydrogen-bond acceptors (Lipinski definition) is 9. The summed E-state index contributed by atoms with van der Waals surface area (Å²) in [6.07, 6.45) is 3.45. The molecule has 218 valence electrons. The van der Waals surface area contributed by atoms with E-state index in [4.69, 9.17) is 19.4 Å². The number of nitriles is 1. The van der Waals surface area contributed by atoms with E-state index in [0.717, 1.165) is 45.9 Å². The van der Waals surface area contributed by atoms with Crippen LogP contribution in [0.1, 0.15) is 57.7 Å². The Morgan fingerprint density at radius 3 is 2.69 bits per heavy atom. The number of allylic oxidation sites excluding steroid dienone is 1. The van der Waals surface area contributed by atoms with Gasteiger partial charge in [0, 0.05) is 52.1 Å². The summed E-state index contributed by atoms with van der Waals surface area (Å²) in [5.41, 5.74) is 3.90. The van der Waals surface area contributed by atoms with E-state index in [9.17, 15) is 10.1 Å². The average molecular weight is 607 g/mol. The smallest absolute Gasteiger partial charge is 0.411 e. The molecule has 3 aliphatic heterocycles. The van der Waals surface area contributed by atoms with Gasteiger partial charge < -0.3 is 14.4 Å². The standard InChI is InChI=1S/C30H32FN6O3PS/c1-14-6-7-37(15(14)2)28-34-9-17-18-11-39-12-19(18)22(26(41)24(17)36-28)25-23-16(8-32)21(35-29(38)40-30(3,4)5)13-42-27(23)20(31)10-33-25/h9-10,14-15H,6-7,11-13,41H2,1-5H3,(H,35,38)/t14-,15?/m0/s1. The summed E-state index contributed by atoms with van der Waals surface area (Å²) in [5, 5.41) is 14.7. The van der Waals surface area contributed by atoms with Crippen LogP contribution in [0.2, 0.25) is 0 Å². The molecule has 0 spiro atoms. The second kappa shape index (κ2) is 10.7. The highest BCUT2D eigenvalue weighted by atomic mass is 32.2. The third kappa shape index (κ3) is 4.89. The molecule has 0 aliphatic carbocycles. The normalized spacial score (nSPS) is 20.0. The number of anilines is 1. The molecule has 3 aliphatic rings. The zero-order valence-corrected chi connectivity index (χ0v) is 26.1. The monoisotopic (exact) mass is 606 g/mol. The molecule has 0 saturated carbocycles. The Balaban J connectivity index is 1.55. The van der Waals surface area contributed by atoms with Crippen LogP contribution >= 0.6 is 21.0 Å². The predicted octanol–water partition coefficient (Wildman–Crippen LogP) is 5.46. The molecule has 1 saturated heterocycles. The summed E-state index contributed by atoms with van der Waals surface area (Å²) in [6.45, 7) is 11.3. The van der Waals surface area contributed by atoms with Crippen molar-refractivity contribution in [3.05, 3.63) is 40.6 Å². The molecule has 3 atom stereocenters. The minimum absolute atomic E-state index is 0.150. The fourth-order valence-electron chi connectivity index (χ4n) is 5.81. The Hall–Kier alpha value is -3.32. The van der Waals surface area contributed by atoms with Crippen LogP contribution in [0.3, 0.4) is 0 Å². The highest BCUT2D eigenvalue weighted by Crippen LogP contribution is 2.45. The summed E-state index contributed by atoms with van der Waals surface area (Å²) >= 11 is 1.21. The van der Waals surface area contributed by atoms with Crippen molar-refractivity contribution < 1.29 is 18.7 Å². The molecule has 0 bridgehead atoms. The molecule has 1 N–H and O–H groups in total. The van der Waals surface area contributed by atoms with Crippen molar-refractivity contribution >= 4 is 54.8 Å². The Labute approximate surface area is 250 Å². The number of amides is 1. The molecule has 6 rings (SSSR count). The van der Waals surface area contributed by atoms with Crippen molar-refractivity contribution in [2.24, 2.45) is 5.92 Å². The lowest BCUT2D eigenvalue weighted by Gasteiger charge is -2.26. The van der Waals surface area contributed by atoms with Gasteiger partial charge in [-0.25, -0.2) is 19.2 Å². The summed E-state index contributed by atoms with van der Waals surface area (Å²) in [5.74, 6) is 0.879. The van der Waals surface area contributed by atoms with Gasteiger partial charge in [-0.2, -0.15) is 5.26 Å². The van der Waals surface area contributed by atoms with E-state index in [1.54, 1.807) is 20.8 Å². The lowest BCUT2D eigenvalue weighted by Crippen LogP contribution is -2.33.